The topological polar surface area (TPSA) is 87.9 Å². The third-order valence-electron chi connectivity index (χ3n) is 4.87. The van der Waals surface area contributed by atoms with E-state index in [1.807, 2.05) is 12.1 Å². The number of morpholine rings is 1. The molecule has 0 radical (unpaired) electrons. The summed E-state index contributed by atoms with van der Waals surface area (Å²) >= 11 is 0. The number of aryl methyl sites for hydroxylation is 1. The average Bonchev–Trinajstić information content (AvgIpc) is 3.12. The van der Waals surface area contributed by atoms with E-state index in [0.717, 1.165) is 38.5 Å². The van der Waals surface area contributed by atoms with Crippen LogP contribution >= 0.6 is 0 Å². The van der Waals surface area contributed by atoms with Gasteiger partial charge in [0, 0.05) is 39.0 Å². The van der Waals surface area contributed by atoms with Gasteiger partial charge in [0.05, 0.1) is 13.2 Å². The Balaban J connectivity index is 1.55. The Hall–Kier alpha value is -2.26. The number of ether oxygens (including phenoxy) is 1. The molecule has 0 spiro atoms. The minimum Gasteiger partial charge on any atom is -0.378 e. The summed E-state index contributed by atoms with van der Waals surface area (Å²) in [5.41, 5.74) is 0.698. The number of nitrogens with zero attached hydrogens (tertiary/aromatic N) is 6. The lowest BCUT2D eigenvalue weighted by molar-refractivity contribution is -0.121. The van der Waals surface area contributed by atoms with Crippen molar-refractivity contribution in [2.75, 3.05) is 57.4 Å². The van der Waals surface area contributed by atoms with Crippen LogP contribution in [0.1, 0.15) is 26.1 Å². The van der Waals surface area contributed by atoms with Crippen LogP contribution in [-0.4, -0.2) is 83.1 Å². The second-order valence-electron chi connectivity index (χ2n) is 6.55. The van der Waals surface area contributed by atoms with Gasteiger partial charge in [0.25, 0.3) is 0 Å². The second kappa shape index (κ2) is 9.61. The summed E-state index contributed by atoms with van der Waals surface area (Å²) in [6.07, 6.45) is 0.889. The number of likely N-dealkylation sites (N-methyl/N-ethyl adjacent to an activating group) is 1. The number of anilines is 1. The lowest BCUT2D eigenvalue weighted by atomic mass is 10.3. The van der Waals surface area contributed by atoms with Gasteiger partial charge >= 0.3 is 0 Å². The van der Waals surface area contributed by atoms with Gasteiger partial charge in [-0.2, -0.15) is 4.52 Å². The number of nitrogens with one attached hydrogen (secondary N) is 1. The molecule has 0 unspecified atom stereocenters. The quantitative estimate of drug-likeness (QED) is 0.677. The molecule has 0 atom stereocenters. The highest BCUT2D eigenvalue weighted by atomic mass is 16.5. The molecule has 1 aliphatic rings. The van der Waals surface area contributed by atoms with Gasteiger partial charge in [0.1, 0.15) is 5.82 Å². The zero-order chi connectivity index (χ0) is 19.1. The number of hydrogen-bond donors (Lipinski definition) is 1. The smallest absolute Gasteiger partial charge is 0.220 e. The van der Waals surface area contributed by atoms with Gasteiger partial charge < -0.3 is 19.9 Å². The standard InChI is InChI=1S/C18H29N7O2/c1-3-23(4-2)10-9-19-18(26)8-7-16-21-20-15-5-6-17(22-25(15)16)24-11-13-27-14-12-24/h5-6H,3-4,7-14H2,1-2H3,(H,19,26). The molecule has 148 valence electrons. The number of amides is 1. The van der Waals surface area contributed by atoms with Gasteiger partial charge in [0.2, 0.25) is 5.91 Å². The van der Waals surface area contributed by atoms with Crippen molar-refractivity contribution < 1.29 is 9.53 Å². The molecular weight excluding hydrogens is 346 g/mol. The minimum atomic E-state index is 0.0308. The molecule has 0 aliphatic carbocycles. The number of aromatic nitrogens is 4. The highest BCUT2D eigenvalue weighted by Crippen LogP contribution is 2.14. The first-order chi connectivity index (χ1) is 13.2. The lowest BCUT2D eigenvalue weighted by Crippen LogP contribution is -2.37. The Labute approximate surface area is 159 Å². The van der Waals surface area contributed by atoms with Gasteiger partial charge in [-0.1, -0.05) is 13.8 Å². The Morgan fingerprint density at radius 2 is 2.00 bits per heavy atom. The summed E-state index contributed by atoms with van der Waals surface area (Å²) in [6, 6.07) is 3.87. The predicted octanol–water partition coefficient (Wildman–Crippen LogP) is 0.352. The van der Waals surface area contributed by atoms with Crippen LogP contribution in [0.25, 0.3) is 5.65 Å². The third kappa shape index (κ3) is 5.14. The van der Waals surface area contributed by atoms with Gasteiger partial charge in [-0.15, -0.1) is 15.3 Å². The number of hydrogen-bond acceptors (Lipinski definition) is 7. The molecule has 9 nitrogen and oxygen atoms in total. The molecular formula is C18H29N7O2. The molecule has 1 N–H and O–H groups in total. The first-order valence-electron chi connectivity index (χ1n) is 9.74. The van der Waals surface area contributed by atoms with E-state index in [1.165, 1.54) is 0 Å². The van der Waals surface area contributed by atoms with E-state index in [-0.39, 0.29) is 5.91 Å². The normalized spacial score (nSPS) is 14.9. The van der Waals surface area contributed by atoms with Gasteiger partial charge in [-0.05, 0) is 25.2 Å². The maximum Gasteiger partial charge on any atom is 0.220 e. The number of fused-ring (bicyclic) bond motifs is 1. The van der Waals surface area contributed by atoms with Crippen LogP contribution in [0.4, 0.5) is 5.82 Å². The highest BCUT2D eigenvalue weighted by Gasteiger charge is 2.15. The second-order valence-corrected chi connectivity index (χ2v) is 6.55. The van der Waals surface area contributed by atoms with Crippen LogP contribution in [-0.2, 0) is 16.0 Å². The number of carbonyl (C=O) groups excluding carboxylic acids is 1. The summed E-state index contributed by atoms with van der Waals surface area (Å²) in [7, 11) is 0. The number of carbonyl (C=O) groups is 1. The summed E-state index contributed by atoms with van der Waals surface area (Å²) in [5, 5.41) is 16.0. The van der Waals surface area contributed by atoms with Gasteiger partial charge in [0.15, 0.2) is 11.5 Å². The van der Waals surface area contributed by atoms with Crippen molar-refractivity contribution >= 4 is 17.4 Å². The van der Waals surface area contributed by atoms with Crippen LogP contribution in [0.2, 0.25) is 0 Å². The van der Waals surface area contributed by atoms with Crippen LogP contribution in [0.5, 0.6) is 0 Å². The van der Waals surface area contributed by atoms with E-state index in [1.54, 1.807) is 4.52 Å². The fourth-order valence-electron chi connectivity index (χ4n) is 3.15. The molecule has 2 aromatic heterocycles. The minimum absolute atomic E-state index is 0.0308. The number of rotatable bonds is 9. The van der Waals surface area contributed by atoms with Crippen LogP contribution < -0.4 is 10.2 Å². The Morgan fingerprint density at radius 1 is 1.22 bits per heavy atom. The van der Waals surface area contributed by atoms with Crippen molar-refractivity contribution in [1.29, 1.82) is 0 Å². The van der Waals surface area contributed by atoms with Crippen molar-refractivity contribution in [3.63, 3.8) is 0 Å². The van der Waals surface area contributed by atoms with E-state index in [9.17, 15) is 4.79 Å². The van der Waals surface area contributed by atoms with E-state index < -0.39 is 0 Å². The molecule has 1 amide bonds. The van der Waals surface area contributed by atoms with Crippen molar-refractivity contribution in [2.24, 2.45) is 0 Å². The predicted molar refractivity (Wildman–Crippen MR) is 103 cm³/mol. The monoisotopic (exact) mass is 375 g/mol. The molecule has 0 bridgehead atoms. The first kappa shape index (κ1) is 19.5. The van der Waals surface area contributed by atoms with E-state index >= 15 is 0 Å². The van der Waals surface area contributed by atoms with E-state index in [4.69, 9.17) is 4.74 Å². The first-order valence-corrected chi connectivity index (χ1v) is 9.74. The van der Waals surface area contributed by atoms with Crippen molar-refractivity contribution in [3.05, 3.63) is 18.0 Å². The van der Waals surface area contributed by atoms with Crippen molar-refractivity contribution in [3.8, 4) is 0 Å². The molecule has 3 heterocycles. The molecule has 1 fully saturated rings. The fourth-order valence-corrected chi connectivity index (χ4v) is 3.15. The zero-order valence-electron chi connectivity index (χ0n) is 16.2. The summed E-state index contributed by atoms with van der Waals surface area (Å²) in [5.74, 6) is 1.62. The van der Waals surface area contributed by atoms with Crippen molar-refractivity contribution in [2.45, 2.75) is 26.7 Å². The summed E-state index contributed by atoms with van der Waals surface area (Å²) in [4.78, 5) is 16.6. The summed E-state index contributed by atoms with van der Waals surface area (Å²) < 4.78 is 7.14. The molecule has 0 aromatic carbocycles. The maximum absolute atomic E-state index is 12.1. The molecule has 0 saturated carbocycles. The SMILES string of the molecule is CCN(CC)CCNC(=O)CCc1nnc2ccc(N3CCOCC3)nn12. The van der Waals surface area contributed by atoms with Crippen LogP contribution in [0.3, 0.4) is 0 Å². The Bertz CT molecular complexity index is 738. The Kier molecular flexibility index (Phi) is 6.94. The molecule has 2 aromatic rings. The molecule has 1 aliphatic heterocycles. The third-order valence-corrected chi connectivity index (χ3v) is 4.87. The van der Waals surface area contributed by atoms with Crippen LogP contribution in [0, 0.1) is 0 Å². The molecule has 9 heteroatoms. The molecule has 27 heavy (non-hydrogen) atoms. The summed E-state index contributed by atoms with van der Waals surface area (Å²) in [6.45, 7) is 10.8. The average molecular weight is 375 g/mol. The van der Waals surface area contributed by atoms with Gasteiger partial charge in [-0.3, -0.25) is 4.79 Å². The maximum atomic E-state index is 12.1. The van der Waals surface area contributed by atoms with E-state index in [2.05, 4.69) is 44.3 Å². The van der Waals surface area contributed by atoms with E-state index in [0.29, 0.717) is 44.1 Å². The lowest BCUT2D eigenvalue weighted by Gasteiger charge is -2.27. The largest absolute Gasteiger partial charge is 0.378 e. The van der Waals surface area contributed by atoms with Crippen molar-refractivity contribution in [1.82, 2.24) is 30.0 Å². The molecule has 3 rings (SSSR count). The van der Waals surface area contributed by atoms with Crippen LogP contribution in [0.15, 0.2) is 12.1 Å². The highest BCUT2D eigenvalue weighted by molar-refractivity contribution is 5.76. The fraction of sp³-hybridized carbons (Fsp3) is 0.667. The molecule has 1 saturated heterocycles. The zero-order valence-corrected chi connectivity index (χ0v) is 16.2. The van der Waals surface area contributed by atoms with Gasteiger partial charge in [-0.25, -0.2) is 0 Å². The Morgan fingerprint density at radius 3 is 2.74 bits per heavy atom.